The molecule has 1 N–H and O–H groups in total. The number of hydrogen-bond donors (Lipinski definition) is 1. The zero-order valence-electron chi connectivity index (χ0n) is 12.7. The molecule has 1 aromatic carbocycles. The Morgan fingerprint density at radius 1 is 1.14 bits per heavy atom. The zero-order chi connectivity index (χ0) is 15.6. The third-order valence-electron chi connectivity index (χ3n) is 3.22. The number of halogens is 2. The maximum absolute atomic E-state index is 13.5. The van der Waals surface area contributed by atoms with E-state index in [1.165, 1.54) is 12.1 Å². The molecule has 0 spiro atoms. The van der Waals surface area contributed by atoms with E-state index in [1.54, 1.807) is 0 Å². The van der Waals surface area contributed by atoms with Gasteiger partial charge in [0.1, 0.15) is 11.6 Å². The van der Waals surface area contributed by atoms with Crippen LogP contribution in [0.25, 0.3) is 11.3 Å². The van der Waals surface area contributed by atoms with Gasteiger partial charge in [-0.15, -0.1) is 0 Å². The first-order chi connectivity index (χ1) is 9.93. The van der Waals surface area contributed by atoms with Crippen LogP contribution in [0.3, 0.4) is 0 Å². The third kappa shape index (κ3) is 3.17. The van der Waals surface area contributed by atoms with Crippen molar-refractivity contribution in [3.05, 3.63) is 41.2 Å². The number of hydrogen-bond acceptors (Lipinski definition) is 3. The summed E-state index contributed by atoms with van der Waals surface area (Å²) in [6.45, 7) is 8.57. The van der Waals surface area contributed by atoms with Crippen molar-refractivity contribution in [2.24, 2.45) is 0 Å². The minimum absolute atomic E-state index is 0.145. The second-order valence-corrected chi connectivity index (χ2v) is 5.22. The molecule has 112 valence electrons. The lowest BCUT2D eigenvalue weighted by Gasteiger charge is -2.15. The van der Waals surface area contributed by atoms with E-state index in [9.17, 15) is 8.78 Å². The minimum atomic E-state index is -0.874. The zero-order valence-corrected chi connectivity index (χ0v) is 12.7. The number of aromatic nitrogens is 2. The molecule has 0 aliphatic rings. The maximum atomic E-state index is 13.5. The number of benzene rings is 1. The molecule has 1 aromatic heterocycles. The van der Waals surface area contributed by atoms with Gasteiger partial charge in [-0.2, -0.15) is 0 Å². The molecule has 0 saturated heterocycles. The monoisotopic (exact) mass is 291 g/mol. The van der Waals surface area contributed by atoms with Crippen LogP contribution in [0.5, 0.6) is 0 Å². The van der Waals surface area contributed by atoms with Crippen LogP contribution in [0.1, 0.15) is 38.1 Å². The molecule has 0 aliphatic carbocycles. The van der Waals surface area contributed by atoms with Crippen LogP contribution in [0.15, 0.2) is 18.2 Å². The van der Waals surface area contributed by atoms with Crippen LogP contribution < -0.4 is 5.32 Å². The topological polar surface area (TPSA) is 37.8 Å². The first-order valence-corrected chi connectivity index (χ1v) is 7.01. The largest absolute Gasteiger partial charge is 0.370 e. The molecule has 0 radical (unpaired) electrons. The van der Waals surface area contributed by atoms with Crippen molar-refractivity contribution in [2.75, 3.05) is 11.9 Å². The first kappa shape index (κ1) is 15.4. The highest BCUT2D eigenvalue weighted by molar-refractivity contribution is 5.68. The lowest BCUT2D eigenvalue weighted by atomic mass is 10.1. The summed E-state index contributed by atoms with van der Waals surface area (Å²) in [6, 6.07) is 3.83. The summed E-state index contributed by atoms with van der Waals surface area (Å²) in [5.41, 5.74) is 2.01. The summed E-state index contributed by atoms with van der Waals surface area (Å²) < 4.78 is 26.6. The molecular formula is C16H19F2N3. The van der Waals surface area contributed by atoms with E-state index in [2.05, 4.69) is 15.3 Å². The Morgan fingerprint density at radius 3 is 2.43 bits per heavy atom. The summed E-state index contributed by atoms with van der Waals surface area (Å²) in [5, 5.41) is 3.19. The van der Waals surface area contributed by atoms with Gasteiger partial charge in [-0.05, 0) is 32.0 Å². The lowest BCUT2D eigenvalue weighted by Crippen LogP contribution is -2.09. The van der Waals surface area contributed by atoms with E-state index in [1.807, 2.05) is 27.7 Å². The highest BCUT2D eigenvalue weighted by Crippen LogP contribution is 2.28. The lowest BCUT2D eigenvalue weighted by molar-refractivity contribution is 0.509. The second-order valence-electron chi connectivity index (χ2n) is 5.22. The fourth-order valence-corrected chi connectivity index (χ4v) is 2.06. The van der Waals surface area contributed by atoms with Gasteiger partial charge >= 0.3 is 0 Å². The predicted octanol–water partition coefficient (Wildman–Crippen LogP) is 4.29. The van der Waals surface area contributed by atoms with E-state index in [4.69, 9.17) is 0 Å². The fourth-order valence-electron chi connectivity index (χ4n) is 2.06. The standard InChI is InChI=1S/C16H19F2N3/c1-5-19-16-10(4)14(20-15(21-16)9(2)3)11-6-7-12(17)13(18)8-11/h6-9H,5H2,1-4H3,(H,19,20,21). The van der Waals surface area contributed by atoms with Gasteiger partial charge in [-0.3, -0.25) is 0 Å². The summed E-state index contributed by atoms with van der Waals surface area (Å²) in [7, 11) is 0. The van der Waals surface area contributed by atoms with Crippen molar-refractivity contribution in [1.82, 2.24) is 9.97 Å². The summed E-state index contributed by atoms with van der Waals surface area (Å²) in [4.78, 5) is 9.01. The Balaban J connectivity index is 2.62. The van der Waals surface area contributed by atoms with Crippen molar-refractivity contribution in [1.29, 1.82) is 0 Å². The van der Waals surface area contributed by atoms with E-state index in [0.29, 0.717) is 17.1 Å². The normalized spacial score (nSPS) is 11.0. The van der Waals surface area contributed by atoms with Crippen molar-refractivity contribution in [3.8, 4) is 11.3 Å². The summed E-state index contributed by atoms with van der Waals surface area (Å²) >= 11 is 0. The molecule has 5 heteroatoms. The molecule has 3 nitrogen and oxygen atoms in total. The number of rotatable bonds is 4. The first-order valence-electron chi connectivity index (χ1n) is 7.01. The molecule has 0 amide bonds. The van der Waals surface area contributed by atoms with Gasteiger partial charge in [0.2, 0.25) is 0 Å². The van der Waals surface area contributed by atoms with Gasteiger partial charge in [0, 0.05) is 23.6 Å². The molecule has 0 atom stereocenters. The van der Waals surface area contributed by atoms with Crippen LogP contribution in [0.2, 0.25) is 0 Å². The Bertz CT molecular complexity index is 654. The van der Waals surface area contributed by atoms with Crippen LogP contribution >= 0.6 is 0 Å². The van der Waals surface area contributed by atoms with Crippen LogP contribution in [-0.2, 0) is 0 Å². The molecule has 0 fully saturated rings. The van der Waals surface area contributed by atoms with Gasteiger partial charge in [-0.25, -0.2) is 18.7 Å². The van der Waals surface area contributed by atoms with Crippen LogP contribution in [0, 0.1) is 18.6 Å². The van der Waals surface area contributed by atoms with Crippen LogP contribution in [-0.4, -0.2) is 16.5 Å². The molecule has 21 heavy (non-hydrogen) atoms. The number of nitrogens with one attached hydrogen (secondary N) is 1. The Hall–Kier alpha value is -2.04. The van der Waals surface area contributed by atoms with E-state index in [-0.39, 0.29) is 5.92 Å². The molecular weight excluding hydrogens is 272 g/mol. The van der Waals surface area contributed by atoms with Crippen molar-refractivity contribution in [3.63, 3.8) is 0 Å². The maximum Gasteiger partial charge on any atom is 0.159 e. The molecule has 0 bridgehead atoms. The van der Waals surface area contributed by atoms with E-state index < -0.39 is 11.6 Å². The summed E-state index contributed by atoms with van der Waals surface area (Å²) in [6.07, 6.45) is 0. The van der Waals surface area contributed by atoms with Crippen molar-refractivity contribution < 1.29 is 8.78 Å². The average molecular weight is 291 g/mol. The predicted molar refractivity (Wildman–Crippen MR) is 80.4 cm³/mol. The van der Waals surface area contributed by atoms with Gasteiger partial charge in [0.05, 0.1) is 5.69 Å². The minimum Gasteiger partial charge on any atom is -0.370 e. The van der Waals surface area contributed by atoms with Crippen LogP contribution in [0.4, 0.5) is 14.6 Å². The Morgan fingerprint density at radius 2 is 1.86 bits per heavy atom. The molecule has 1 heterocycles. The Kier molecular flexibility index (Phi) is 4.50. The SMILES string of the molecule is CCNc1nc(C(C)C)nc(-c2ccc(F)c(F)c2)c1C. The smallest absolute Gasteiger partial charge is 0.159 e. The van der Waals surface area contributed by atoms with Gasteiger partial charge < -0.3 is 5.32 Å². The highest BCUT2D eigenvalue weighted by atomic mass is 19.2. The molecule has 0 saturated carbocycles. The van der Waals surface area contributed by atoms with Gasteiger partial charge in [0.15, 0.2) is 11.6 Å². The average Bonchev–Trinajstić information content (AvgIpc) is 2.44. The number of nitrogens with zero attached hydrogens (tertiary/aromatic N) is 2. The molecule has 0 unspecified atom stereocenters. The number of anilines is 1. The van der Waals surface area contributed by atoms with Crippen molar-refractivity contribution in [2.45, 2.75) is 33.6 Å². The van der Waals surface area contributed by atoms with Crippen molar-refractivity contribution >= 4 is 5.82 Å². The highest BCUT2D eigenvalue weighted by Gasteiger charge is 2.15. The van der Waals surface area contributed by atoms with Gasteiger partial charge in [-0.1, -0.05) is 13.8 Å². The summed E-state index contributed by atoms with van der Waals surface area (Å²) in [5.74, 6) is -0.178. The van der Waals surface area contributed by atoms with Gasteiger partial charge in [0.25, 0.3) is 0 Å². The quantitative estimate of drug-likeness (QED) is 0.913. The van der Waals surface area contributed by atoms with E-state index >= 15 is 0 Å². The second kappa shape index (κ2) is 6.16. The van der Waals surface area contributed by atoms with E-state index in [0.717, 1.165) is 24.0 Å². The molecule has 0 aliphatic heterocycles. The Labute approximate surface area is 123 Å². The molecule has 2 aromatic rings. The third-order valence-corrected chi connectivity index (χ3v) is 3.22. The fraction of sp³-hybridized carbons (Fsp3) is 0.375. The molecule has 2 rings (SSSR count).